The van der Waals surface area contributed by atoms with Gasteiger partial charge >= 0.3 is 0 Å². The molecule has 6 heteroatoms. The number of nitrogens with zero attached hydrogens (tertiary/aromatic N) is 4. The maximum Gasteiger partial charge on any atom is 0.229 e. The van der Waals surface area contributed by atoms with E-state index < -0.39 is 5.83 Å². The molecule has 0 saturated carbocycles. The number of hydrogen-bond acceptors (Lipinski definition) is 3. The van der Waals surface area contributed by atoms with E-state index in [9.17, 15) is 4.39 Å². The van der Waals surface area contributed by atoms with Crippen molar-refractivity contribution < 1.29 is 4.39 Å². The molecule has 5 nitrogen and oxygen atoms in total. The van der Waals surface area contributed by atoms with Crippen molar-refractivity contribution in [3.05, 3.63) is 48.0 Å². The molecule has 0 aromatic heterocycles. The number of rotatable bonds is 6. The minimum Gasteiger partial charge on any atom is -0.382 e. The summed E-state index contributed by atoms with van der Waals surface area (Å²) in [7, 11) is 0. The fourth-order valence-electron chi connectivity index (χ4n) is 1.39. The molecule has 0 bridgehead atoms. The minimum atomic E-state index is -0.428. The monoisotopic (exact) mass is 331 g/mol. The Kier molecular flexibility index (Phi) is 14.8. The molecule has 2 N–H and O–H groups in total. The van der Waals surface area contributed by atoms with E-state index in [0.29, 0.717) is 11.3 Å². The molecule has 0 aliphatic heterocycles. The SMILES string of the molecule is C=C/C=C(CN=C(C#N)N=C(N)/C(=C/C)N=CC)\C(F)=C/C.CC. The van der Waals surface area contributed by atoms with Crippen LogP contribution < -0.4 is 5.73 Å². The summed E-state index contributed by atoms with van der Waals surface area (Å²) in [6.45, 7) is 12.5. The lowest BCUT2D eigenvalue weighted by Gasteiger charge is -2.01. The van der Waals surface area contributed by atoms with Gasteiger partial charge in [0.2, 0.25) is 5.84 Å². The van der Waals surface area contributed by atoms with Crippen LogP contribution in [0.3, 0.4) is 0 Å². The van der Waals surface area contributed by atoms with Crippen molar-refractivity contribution in [2.24, 2.45) is 20.7 Å². The number of allylic oxidation sites excluding steroid dienone is 4. The van der Waals surface area contributed by atoms with Gasteiger partial charge in [0.25, 0.3) is 0 Å². The van der Waals surface area contributed by atoms with Gasteiger partial charge in [-0.25, -0.2) is 9.38 Å². The number of aliphatic imine (C=N–C) groups is 3. The zero-order valence-electron chi connectivity index (χ0n) is 15.0. The Morgan fingerprint density at radius 3 is 2.29 bits per heavy atom. The van der Waals surface area contributed by atoms with Crippen molar-refractivity contribution in [2.45, 2.75) is 34.6 Å². The first-order valence-electron chi connectivity index (χ1n) is 7.61. The first-order chi connectivity index (χ1) is 11.5. The van der Waals surface area contributed by atoms with E-state index in [2.05, 4.69) is 21.6 Å². The number of nitrogens with two attached hydrogens (primary N) is 1. The van der Waals surface area contributed by atoms with Gasteiger partial charge in [-0.05, 0) is 20.8 Å². The van der Waals surface area contributed by atoms with E-state index in [0.717, 1.165) is 0 Å². The van der Waals surface area contributed by atoms with Gasteiger partial charge in [0.05, 0.1) is 6.54 Å². The highest BCUT2D eigenvalue weighted by atomic mass is 19.1. The molecule has 0 fully saturated rings. The van der Waals surface area contributed by atoms with Crippen LogP contribution in [0.1, 0.15) is 34.6 Å². The summed E-state index contributed by atoms with van der Waals surface area (Å²) in [6.07, 6.45) is 7.47. The van der Waals surface area contributed by atoms with E-state index in [-0.39, 0.29) is 18.2 Å². The molecular formula is C18H26FN5. The molecular weight excluding hydrogens is 305 g/mol. The third-order valence-electron chi connectivity index (χ3n) is 2.41. The van der Waals surface area contributed by atoms with Gasteiger partial charge in [0.15, 0.2) is 5.84 Å². The third kappa shape index (κ3) is 9.26. The quantitative estimate of drug-likeness (QED) is 0.447. The summed E-state index contributed by atoms with van der Waals surface area (Å²) in [5.74, 6) is -0.508. The standard InChI is InChI=1S/C16H20FN5.C2H6/c1-5-9-12(13(17)6-2)11-21-15(10-18)22-16(19)14(7-3)20-8-4;1-2/h5-9H,1,11H2,2-4H3,(H2,19,21,22);1-2H3/b12-9-,13-6+,14-7-,20-8?;. The van der Waals surface area contributed by atoms with E-state index >= 15 is 0 Å². The molecule has 24 heavy (non-hydrogen) atoms. The number of hydrogen-bond donors (Lipinski definition) is 1. The average molecular weight is 331 g/mol. The normalized spacial score (nSPS) is 14.1. The minimum absolute atomic E-state index is 0.0376. The summed E-state index contributed by atoms with van der Waals surface area (Å²) < 4.78 is 13.6. The van der Waals surface area contributed by atoms with Gasteiger partial charge in [-0.1, -0.05) is 44.7 Å². The molecule has 0 aromatic carbocycles. The molecule has 0 spiro atoms. The summed E-state index contributed by atoms with van der Waals surface area (Å²) in [5.41, 5.74) is 6.50. The first-order valence-corrected chi connectivity index (χ1v) is 7.61. The molecule has 0 heterocycles. The topological polar surface area (TPSA) is 86.9 Å². The van der Waals surface area contributed by atoms with Crippen LogP contribution in [0, 0.1) is 11.3 Å². The lowest BCUT2D eigenvalue weighted by Crippen LogP contribution is -2.16. The number of amidine groups is 2. The summed E-state index contributed by atoms with van der Waals surface area (Å²) in [4.78, 5) is 11.9. The molecule has 0 amide bonds. The largest absolute Gasteiger partial charge is 0.382 e. The fraction of sp³-hybridized carbons (Fsp3) is 0.333. The van der Waals surface area contributed by atoms with E-state index in [4.69, 9.17) is 11.0 Å². The zero-order chi connectivity index (χ0) is 19.0. The molecule has 0 unspecified atom stereocenters. The molecule has 0 radical (unpaired) electrons. The van der Waals surface area contributed by atoms with Crippen molar-refractivity contribution in [3.8, 4) is 6.07 Å². The summed E-state index contributed by atoms with van der Waals surface area (Å²) in [5, 5.41) is 9.05. The molecule has 0 rings (SSSR count). The predicted molar refractivity (Wildman–Crippen MR) is 102 cm³/mol. The Balaban J connectivity index is 0. The molecule has 130 valence electrons. The van der Waals surface area contributed by atoms with E-state index in [1.54, 1.807) is 33.1 Å². The molecule has 0 aliphatic rings. The molecule has 0 aliphatic carbocycles. The average Bonchev–Trinajstić information content (AvgIpc) is 2.62. The van der Waals surface area contributed by atoms with Crippen molar-refractivity contribution >= 4 is 17.9 Å². The highest BCUT2D eigenvalue weighted by Gasteiger charge is 2.05. The molecule has 0 aromatic rings. The van der Waals surface area contributed by atoms with Crippen LogP contribution in [-0.2, 0) is 0 Å². The van der Waals surface area contributed by atoms with Crippen LogP contribution >= 0.6 is 0 Å². The summed E-state index contributed by atoms with van der Waals surface area (Å²) in [6, 6.07) is 1.82. The van der Waals surface area contributed by atoms with Crippen molar-refractivity contribution in [2.75, 3.05) is 6.54 Å². The maximum absolute atomic E-state index is 13.6. The first kappa shape index (κ1) is 23.5. The van der Waals surface area contributed by atoms with Crippen LogP contribution in [-0.4, -0.2) is 24.4 Å². The molecule has 0 atom stereocenters. The van der Waals surface area contributed by atoms with Gasteiger partial charge in [0.1, 0.15) is 17.6 Å². The van der Waals surface area contributed by atoms with Gasteiger partial charge < -0.3 is 5.73 Å². The van der Waals surface area contributed by atoms with Crippen molar-refractivity contribution in [1.82, 2.24) is 0 Å². The van der Waals surface area contributed by atoms with Crippen LogP contribution in [0.5, 0.6) is 0 Å². The predicted octanol–water partition coefficient (Wildman–Crippen LogP) is 4.27. The number of halogens is 1. The van der Waals surface area contributed by atoms with E-state index in [1.165, 1.54) is 18.2 Å². The van der Waals surface area contributed by atoms with Gasteiger partial charge in [-0.15, -0.1) is 0 Å². The number of nitriles is 1. The van der Waals surface area contributed by atoms with Crippen molar-refractivity contribution in [3.63, 3.8) is 0 Å². The summed E-state index contributed by atoms with van der Waals surface area (Å²) >= 11 is 0. The Labute approximate surface area is 144 Å². The fourth-order valence-corrected chi connectivity index (χ4v) is 1.39. The highest BCUT2D eigenvalue weighted by molar-refractivity contribution is 6.10. The Morgan fingerprint density at radius 1 is 1.25 bits per heavy atom. The third-order valence-corrected chi connectivity index (χ3v) is 2.41. The van der Waals surface area contributed by atoms with E-state index in [1.807, 2.05) is 19.9 Å². The van der Waals surface area contributed by atoms with Crippen LogP contribution in [0.25, 0.3) is 0 Å². The maximum atomic E-state index is 13.6. The second kappa shape index (κ2) is 15.1. The zero-order valence-corrected chi connectivity index (χ0v) is 15.0. The van der Waals surface area contributed by atoms with Gasteiger partial charge in [-0.2, -0.15) is 5.26 Å². The Hall–Kier alpha value is -2.81. The van der Waals surface area contributed by atoms with Crippen LogP contribution in [0.4, 0.5) is 4.39 Å². The lowest BCUT2D eigenvalue weighted by atomic mass is 10.2. The Morgan fingerprint density at radius 2 is 1.88 bits per heavy atom. The van der Waals surface area contributed by atoms with Crippen LogP contribution in [0.15, 0.2) is 63.0 Å². The van der Waals surface area contributed by atoms with Crippen LogP contribution in [0.2, 0.25) is 0 Å². The Bertz CT molecular complexity index is 614. The molecule has 0 saturated heterocycles. The highest BCUT2D eigenvalue weighted by Crippen LogP contribution is 2.12. The second-order valence-electron chi connectivity index (χ2n) is 3.87. The smallest absolute Gasteiger partial charge is 0.229 e. The lowest BCUT2D eigenvalue weighted by molar-refractivity contribution is 0.644. The van der Waals surface area contributed by atoms with Gasteiger partial charge in [-0.3, -0.25) is 9.98 Å². The second-order valence-corrected chi connectivity index (χ2v) is 3.87. The van der Waals surface area contributed by atoms with Gasteiger partial charge in [0, 0.05) is 11.8 Å². The van der Waals surface area contributed by atoms with Crippen molar-refractivity contribution in [1.29, 1.82) is 5.26 Å².